The van der Waals surface area contributed by atoms with E-state index in [1.54, 1.807) is 0 Å². The van der Waals surface area contributed by atoms with Crippen molar-refractivity contribution in [2.24, 2.45) is 0 Å². The van der Waals surface area contributed by atoms with Gasteiger partial charge in [-0.15, -0.1) is 0 Å². The van der Waals surface area contributed by atoms with Gasteiger partial charge in [-0.05, 0) is 48.7 Å². The van der Waals surface area contributed by atoms with E-state index < -0.39 is 0 Å². The standard InChI is InChI=1S/C21H26N2O2/c1-3-17-4-6-18(7-5-17)16(2)22-21(24)19-8-10-20(11-9-19)23-12-14-25-15-13-23/h4-11,16H,3,12-15H2,1-2H3,(H,22,24)/t16-/m0/s1. The van der Waals surface area contributed by atoms with Gasteiger partial charge in [-0.2, -0.15) is 0 Å². The van der Waals surface area contributed by atoms with Crippen LogP contribution in [0.2, 0.25) is 0 Å². The molecule has 0 saturated carbocycles. The Labute approximate surface area is 149 Å². The first-order valence-corrected chi connectivity index (χ1v) is 9.00. The Balaban J connectivity index is 1.61. The fourth-order valence-corrected chi connectivity index (χ4v) is 3.05. The second-order valence-electron chi connectivity index (χ2n) is 6.44. The zero-order valence-electron chi connectivity index (χ0n) is 15.0. The fraction of sp³-hybridized carbons (Fsp3) is 0.381. The maximum absolute atomic E-state index is 12.5. The van der Waals surface area contributed by atoms with Crippen molar-refractivity contribution >= 4 is 11.6 Å². The molecule has 25 heavy (non-hydrogen) atoms. The highest BCUT2D eigenvalue weighted by atomic mass is 16.5. The molecule has 0 bridgehead atoms. The van der Waals surface area contributed by atoms with E-state index in [0.29, 0.717) is 5.56 Å². The molecule has 1 amide bonds. The lowest BCUT2D eigenvalue weighted by atomic mass is 10.0. The summed E-state index contributed by atoms with van der Waals surface area (Å²) in [7, 11) is 0. The van der Waals surface area contributed by atoms with E-state index in [0.717, 1.165) is 44.0 Å². The largest absolute Gasteiger partial charge is 0.378 e. The average Bonchev–Trinajstić information content (AvgIpc) is 2.68. The highest BCUT2D eigenvalue weighted by Gasteiger charge is 2.14. The number of carbonyl (C=O) groups is 1. The molecule has 2 aromatic carbocycles. The van der Waals surface area contributed by atoms with Crippen LogP contribution in [0.1, 0.15) is 41.4 Å². The van der Waals surface area contributed by atoms with Gasteiger partial charge in [0.2, 0.25) is 0 Å². The molecule has 1 N–H and O–H groups in total. The van der Waals surface area contributed by atoms with E-state index in [9.17, 15) is 4.79 Å². The summed E-state index contributed by atoms with van der Waals surface area (Å²) in [6.45, 7) is 7.47. The Kier molecular flexibility index (Phi) is 5.71. The number of ether oxygens (including phenoxy) is 1. The first-order valence-electron chi connectivity index (χ1n) is 9.00. The minimum Gasteiger partial charge on any atom is -0.378 e. The number of carbonyl (C=O) groups excluding carboxylic acids is 1. The molecule has 1 aliphatic rings. The minimum atomic E-state index is -0.0411. The molecule has 1 saturated heterocycles. The number of hydrogen-bond acceptors (Lipinski definition) is 3. The van der Waals surface area contributed by atoms with Crippen molar-refractivity contribution in [2.45, 2.75) is 26.3 Å². The van der Waals surface area contributed by atoms with Crippen LogP contribution in [0.4, 0.5) is 5.69 Å². The first-order chi connectivity index (χ1) is 12.2. The predicted octanol–water partition coefficient (Wildman–Crippen LogP) is 3.58. The molecule has 2 aromatic rings. The Hall–Kier alpha value is -2.33. The van der Waals surface area contributed by atoms with Crippen LogP contribution in [0, 0.1) is 0 Å². The summed E-state index contributed by atoms with van der Waals surface area (Å²) >= 11 is 0. The molecule has 4 nitrogen and oxygen atoms in total. The van der Waals surface area contributed by atoms with Crippen LogP contribution in [0.3, 0.4) is 0 Å². The number of anilines is 1. The molecule has 4 heteroatoms. The van der Waals surface area contributed by atoms with Crippen molar-refractivity contribution in [3.05, 3.63) is 65.2 Å². The number of aryl methyl sites for hydroxylation is 1. The van der Waals surface area contributed by atoms with Crippen LogP contribution < -0.4 is 10.2 Å². The van der Waals surface area contributed by atoms with Crippen molar-refractivity contribution in [1.82, 2.24) is 5.32 Å². The molecule has 3 rings (SSSR count). The van der Waals surface area contributed by atoms with E-state index >= 15 is 0 Å². The monoisotopic (exact) mass is 338 g/mol. The number of amides is 1. The van der Waals surface area contributed by atoms with Crippen LogP contribution in [0.15, 0.2) is 48.5 Å². The van der Waals surface area contributed by atoms with Gasteiger partial charge in [0.15, 0.2) is 0 Å². The molecule has 1 heterocycles. The summed E-state index contributed by atoms with van der Waals surface area (Å²) < 4.78 is 5.38. The Bertz CT molecular complexity index is 689. The lowest BCUT2D eigenvalue weighted by Crippen LogP contribution is -2.36. The SMILES string of the molecule is CCc1ccc([C@H](C)NC(=O)c2ccc(N3CCOCC3)cc2)cc1. The van der Waals surface area contributed by atoms with E-state index in [1.807, 2.05) is 31.2 Å². The third-order valence-corrected chi connectivity index (χ3v) is 4.74. The molecule has 1 aliphatic heterocycles. The van der Waals surface area contributed by atoms with Crippen molar-refractivity contribution < 1.29 is 9.53 Å². The molecule has 0 spiro atoms. The van der Waals surface area contributed by atoms with Crippen LogP contribution in [0.5, 0.6) is 0 Å². The maximum Gasteiger partial charge on any atom is 0.251 e. The number of benzene rings is 2. The molecule has 132 valence electrons. The fourth-order valence-electron chi connectivity index (χ4n) is 3.05. The molecule has 0 unspecified atom stereocenters. The molecular weight excluding hydrogens is 312 g/mol. The lowest BCUT2D eigenvalue weighted by Gasteiger charge is -2.28. The van der Waals surface area contributed by atoms with Gasteiger partial charge in [0.05, 0.1) is 19.3 Å². The zero-order chi connectivity index (χ0) is 17.6. The summed E-state index contributed by atoms with van der Waals surface area (Å²) in [5.41, 5.74) is 4.26. The zero-order valence-corrected chi connectivity index (χ0v) is 15.0. The van der Waals surface area contributed by atoms with Gasteiger partial charge in [0, 0.05) is 24.3 Å². The average molecular weight is 338 g/mol. The highest BCUT2D eigenvalue weighted by molar-refractivity contribution is 5.94. The number of rotatable bonds is 5. The second kappa shape index (κ2) is 8.17. The van der Waals surface area contributed by atoms with E-state index in [-0.39, 0.29) is 11.9 Å². The molecule has 1 fully saturated rings. The van der Waals surface area contributed by atoms with Crippen LogP contribution in [0.25, 0.3) is 0 Å². The topological polar surface area (TPSA) is 41.6 Å². The van der Waals surface area contributed by atoms with Gasteiger partial charge >= 0.3 is 0 Å². The Morgan fingerprint density at radius 3 is 2.32 bits per heavy atom. The van der Waals surface area contributed by atoms with Crippen molar-refractivity contribution in [3.63, 3.8) is 0 Å². The van der Waals surface area contributed by atoms with Crippen LogP contribution in [-0.2, 0) is 11.2 Å². The van der Waals surface area contributed by atoms with Gasteiger partial charge in [0.1, 0.15) is 0 Å². The smallest absolute Gasteiger partial charge is 0.251 e. The second-order valence-corrected chi connectivity index (χ2v) is 6.44. The maximum atomic E-state index is 12.5. The van der Waals surface area contributed by atoms with Crippen molar-refractivity contribution in [1.29, 1.82) is 0 Å². The summed E-state index contributed by atoms with van der Waals surface area (Å²) in [5.74, 6) is -0.0411. The quantitative estimate of drug-likeness (QED) is 0.906. The predicted molar refractivity (Wildman–Crippen MR) is 101 cm³/mol. The van der Waals surface area contributed by atoms with E-state index in [4.69, 9.17) is 4.74 Å². The van der Waals surface area contributed by atoms with Gasteiger partial charge < -0.3 is 15.0 Å². The minimum absolute atomic E-state index is 0.0164. The molecular formula is C21H26N2O2. The molecule has 1 atom stereocenters. The third-order valence-electron chi connectivity index (χ3n) is 4.74. The molecule has 0 aliphatic carbocycles. The third kappa shape index (κ3) is 4.40. The summed E-state index contributed by atoms with van der Waals surface area (Å²) in [5, 5.41) is 3.08. The van der Waals surface area contributed by atoms with Crippen molar-refractivity contribution in [2.75, 3.05) is 31.2 Å². The van der Waals surface area contributed by atoms with Crippen LogP contribution in [-0.4, -0.2) is 32.2 Å². The molecule has 0 aromatic heterocycles. The van der Waals surface area contributed by atoms with Gasteiger partial charge in [-0.1, -0.05) is 31.2 Å². The van der Waals surface area contributed by atoms with Crippen LogP contribution >= 0.6 is 0 Å². The Morgan fingerprint density at radius 2 is 1.72 bits per heavy atom. The highest BCUT2D eigenvalue weighted by Crippen LogP contribution is 2.18. The normalized spacial score (nSPS) is 15.7. The molecule has 0 radical (unpaired) electrons. The van der Waals surface area contributed by atoms with E-state index in [1.165, 1.54) is 5.56 Å². The van der Waals surface area contributed by atoms with Gasteiger partial charge in [0.25, 0.3) is 5.91 Å². The summed E-state index contributed by atoms with van der Waals surface area (Å²) in [6, 6.07) is 16.2. The number of nitrogens with zero attached hydrogens (tertiary/aromatic N) is 1. The van der Waals surface area contributed by atoms with Gasteiger partial charge in [-0.3, -0.25) is 4.79 Å². The first kappa shape index (κ1) is 17.5. The summed E-state index contributed by atoms with van der Waals surface area (Å²) in [4.78, 5) is 14.8. The lowest BCUT2D eigenvalue weighted by molar-refractivity contribution is 0.0940. The van der Waals surface area contributed by atoms with Gasteiger partial charge in [-0.25, -0.2) is 0 Å². The van der Waals surface area contributed by atoms with Crippen molar-refractivity contribution in [3.8, 4) is 0 Å². The number of nitrogens with one attached hydrogen (secondary N) is 1. The summed E-state index contributed by atoms with van der Waals surface area (Å²) in [6.07, 6.45) is 1.02. The number of morpholine rings is 1. The van der Waals surface area contributed by atoms with E-state index in [2.05, 4.69) is 41.4 Å². The number of hydrogen-bond donors (Lipinski definition) is 1. The Morgan fingerprint density at radius 1 is 1.08 bits per heavy atom.